The second kappa shape index (κ2) is 13.0. The van der Waals surface area contributed by atoms with E-state index in [9.17, 15) is 9.18 Å². The molecule has 5 nitrogen and oxygen atoms in total. The van der Waals surface area contributed by atoms with E-state index in [1.807, 2.05) is 37.5 Å². The highest BCUT2D eigenvalue weighted by Gasteiger charge is 2.27. The summed E-state index contributed by atoms with van der Waals surface area (Å²) < 4.78 is 26.1. The number of carbonyl (C=O) groups excluding carboxylic acids is 1. The topological polar surface area (TPSA) is 61.3 Å². The molecule has 1 aliphatic rings. The maximum Gasteiger partial charge on any atom is 0.340 e. The molecule has 1 fully saturated rings. The summed E-state index contributed by atoms with van der Waals surface area (Å²) in [5.41, 5.74) is 2.08. The number of benzene rings is 1. The van der Waals surface area contributed by atoms with Gasteiger partial charge in [0.05, 0.1) is 11.1 Å². The number of unbranched alkanes of at least 4 members (excludes halogenated alkanes) is 1. The van der Waals surface area contributed by atoms with Crippen molar-refractivity contribution in [1.29, 1.82) is 0 Å². The molecule has 0 radical (unpaired) electrons. The van der Waals surface area contributed by atoms with Crippen LogP contribution in [0.25, 0.3) is 11.4 Å². The number of aryl methyl sites for hydroxylation is 1. The average Bonchev–Trinajstić information content (AvgIpc) is 2.83. The molecule has 1 saturated carbocycles. The van der Waals surface area contributed by atoms with Crippen LogP contribution in [-0.2, 0) is 16.0 Å². The molecule has 1 atom stereocenters. The van der Waals surface area contributed by atoms with Gasteiger partial charge in [-0.25, -0.2) is 19.2 Å². The summed E-state index contributed by atoms with van der Waals surface area (Å²) in [6.07, 6.45) is 9.30. The number of ether oxygens (including phenoxy) is 2. The van der Waals surface area contributed by atoms with Gasteiger partial charge in [0.2, 0.25) is 0 Å². The second-order valence-corrected chi connectivity index (χ2v) is 9.66. The quantitative estimate of drug-likeness (QED) is 0.302. The van der Waals surface area contributed by atoms with Crippen molar-refractivity contribution in [2.24, 2.45) is 5.92 Å². The van der Waals surface area contributed by atoms with Crippen LogP contribution in [0, 0.1) is 5.92 Å². The van der Waals surface area contributed by atoms with Crippen molar-refractivity contribution < 1.29 is 18.7 Å². The lowest BCUT2D eigenvalue weighted by Crippen LogP contribution is -2.30. The largest absolute Gasteiger partial charge is 0.492 e. The molecule has 1 aromatic heterocycles. The van der Waals surface area contributed by atoms with Gasteiger partial charge < -0.3 is 9.47 Å². The first-order valence-electron chi connectivity index (χ1n) is 12.1. The highest BCUT2D eigenvalue weighted by atomic mass is 79.9. The summed E-state index contributed by atoms with van der Waals surface area (Å²) >= 11 is 3.60. The SMILES string of the molecule is CCCC[C@H](F)C(=O)OC1CCC(COc2ccc(-c3ncc(CCC)cn3)cc2Br)CC1. The molecule has 0 bridgehead atoms. The van der Waals surface area contributed by atoms with Crippen molar-refractivity contribution in [2.45, 2.75) is 83.9 Å². The van der Waals surface area contributed by atoms with Crippen LogP contribution in [0.3, 0.4) is 0 Å². The van der Waals surface area contributed by atoms with Gasteiger partial charge in [0.1, 0.15) is 11.9 Å². The standard InChI is InChI=1S/C26H34BrFN2O3/c1-3-5-7-23(28)26(31)33-21-11-8-18(9-12-21)17-32-24-13-10-20(14-22(24)27)25-29-15-19(6-4-2)16-30-25/h10,13-16,18,21,23H,3-9,11-12,17H2,1-2H3/t18?,21?,23-/m0/s1. The third kappa shape index (κ3) is 7.76. The van der Waals surface area contributed by atoms with E-state index in [0.717, 1.165) is 66.3 Å². The Bertz CT molecular complexity index is 886. The number of alkyl halides is 1. The fourth-order valence-electron chi connectivity index (χ4n) is 4.04. The Morgan fingerprint density at radius 1 is 1.15 bits per heavy atom. The Kier molecular flexibility index (Phi) is 10.1. The number of hydrogen-bond acceptors (Lipinski definition) is 5. The Hall–Kier alpha value is -2.02. The zero-order valence-corrected chi connectivity index (χ0v) is 21.2. The lowest BCUT2D eigenvalue weighted by atomic mass is 9.88. The minimum Gasteiger partial charge on any atom is -0.492 e. The molecule has 0 N–H and O–H groups in total. The summed E-state index contributed by atoms with van der Waals surface area (Å²) in [6, 6.07) is 5.89. The molecule has 0 aliphatic heterocycles. The monoisotopic (exact) mass is 520 g/mol. The van der Waals surface area contributed by atoms with E-state index in [2.05, 4.69) is 32.8 Å². The van der Waals surface area contributed by atoms with Crippen molar-refractivity contribution in [3.8, 4) is 17.1 Å². The number of rotatable bonds is 11. The molecule has 33 heavy (non-hydrogen) atoms. The van der Waals surface area contributed by atoms with Crippen LogP contribution in [0.2, 0.25) is 0 Å². The Labute approximate surface area is 204 Å². The fraction of sp³-hybridized carbons (Fsp3) is 0.577. The number of nitrogens with zero attached hydrogens (tertiary/aromatic N) is 2. The molecule has 1 aromatic carbocycles. The smallest absolute Gasteiger partial charge is 0.340 e. The van der Waals surface area contributed by atoms with Crippen LogP contribution >= 0.6 is 15.9 Å². The third-order valence-electron chi connectivity index (χ3n) is 6.05. The normalized spacial score (nSPS) is 19.2. The van der Waals surface area contributed by atoms with Gasteiger partial charge in [-0.2, -0.15) is 0 Å². The summed E-state index contributed by atoms with van der Waals surface area (Å²) in [5.74, 6) is 1.17. The molecule has 180 valence electrons. The zero-order valence-electron chi connectivity index (χ0n) is 19.6. The molecular formula is C26H34BrFN2O3. The molecular weight excluding hydrogens is 487 g/mol. The van der Waals surface area contributed by atoms with Gasteiger partial charge >= 0.3 is 5.97 Å². The molecule has 1 aliphatic carbocycles. The van der Waals surface area contributed by atoms with Crippen molar-refractivity contribution in [3.63, 3.8) is 0 Å². The molecule has 3 rings (SSSR count). The van der Waals surface area contributed by atoms with E-state index >= 15 is 0 Å². The third-order valence-corrected chi connectivity index (χ3v) is 6.67. The van der Waals surface area contributed by atoms with Gasteiger partial charge in [0.25, 0.3) is 0 Å². The van der Waals surface area contributed by atoms with E-state index in [4.69, 9.17) is 9.47 Å². The van der Waals surface area contributed by atoms with E-state index in [1.165, 1.54) is 0 Å². The number of aromatic nitrogens is 2. The molecule has 0 spiro atoms. The van der Waals surface area contributed by atoms with Crippen molar-refractivity contribution >= 4 is 21.9 Å². The highest BCUT2D eigenvalue weighted by molar-refractivity contribution is 9.10. The number of halogens is 2. The van der Waals surface area contributed by atoms with Crippen LogP contribution in [0.4, 0.5) is 4.39 Å². The zero-order chi connectivity index (χ0) is 23.6. The number of esters is 1. The predicted molar refractivity (Wildman–Crippen MR) is 131 cm³/mol. The van der Waals surface area contributed by atoms with Crippen LogP contribution in [-0.4, -0.2) is 34.8 Å². The maximum atomic E-state index is 13.8. The minimum atomic E-state index is -1.49. The molecule has 2 aromatic rings. The number of hydrogen-bond donors (Lipinski definition) is 0. The Morgan fingerprint density at radius 3 is 2.52 bits per heavy atom. The first-order valence-corrected chi connectivity index (χ1v) is 12.9. The van der Waals surface area contributed by atoms with Gasteiger partial charge in [0.15, 0.2) is 12.0 Å². The molecule has 0 saturated heterocycles. The first-order chi connectivity index (χ1) is 16.0. The maximum absolute atomic E-state index is 13.8. The van der Waals surface area contributed by atoms with Gasteiger partial charge in [-0.15, -0.1) is 0 Å². The van der Waals surface area contributed by atoms with Crippen LogP contribution in [0.1, 0.15) is 70.8 Å². The molecule has 0 amide bonds. The highest BCUT2D eigenvalue weighted by Crippen LogP contribution is 2.32. The molecule has 1 heterocycles. The van der Waals surface area contributed by atoms with E-state index in [-0.39, 0.29) is 12.5 Å². The molecule has 0 unspecified atom stereocenters. The first kappa shape index (κ1) is 25.6. The van der Waals surface area contributed by atoms with Gasteiger partial charge in [0, 0.05) is 18.0 Å². The lowest BCUT2D eigenvalue weighted by Gasteiger charge is -2.28. The van der Waals surface area contributed by atoms with Crippen LogP contribution in [0.15, 0.2) is 35.1 Å². The fourth-order valence-corrected chi connectivity index (χ4v) is 4.54. The summed E-state index contributed by atoms with van der Waals surface area (Å²) in [5, 5.41) is 0. The van der Waals surface area contributed by atoms with E-state index < -0.39 is 12.1 Å². The van der Waals surface area contributed by atoms with Crippen molar-refractivity contribution in [1.82, 2.24) is 9.97 Å². The van der Waals surface area contributed by atoms with E-state index in [0.29, 0.717) is 24.8 Å². The van der Waals surface area contributed by atoms with Gasteiger partial charge in [-0.3, -0.25) is 0 Å². The van der Waals surface area contributed by atoms with Gasteiger partial charge in [-0.05, 0) is 84.1 Å². The lowest BCUT2D eigenvalue weighted by molar-refractivity contribution is -0.157. The average molecular weight is 521 g/mol. The van der Waals surface area contributed by atoms with Gasteiger partial charge in [-0.1, -0.05) is 33.1 Å². The summed E-state index contributed by atoms with van der Waals surface area (Å²) in [4.78, 5) is 20.8. The van der Waals surface area contributed by atoms with Crippen molar-refractivity contribution in [3.05, 3.63) is 40.6 Å². The van der Waals surface area contributed by atoms with Crippen LogP contribution < -0.4 is 4.74 Å². The Balaban J connectivity index is 1.45. The summed E-state index contributed by atoms with van der Waals surface area (Å²) in [7, 11) is 0. The Morgan fingerprint density at radius 2 is 1.88 bits per heavy atom. The summed E-state index contributed by atoms with van der Waals surface area (Å²) in [6.45, 7) is 4.72. The van der Waals surface area contributed by atoms with E-state index in [1.54, 1.807) is 0 Å². The second-order valence-electron chi connectivity index (χ2n) is 8.81. The van der Waals surface area contributed by atoms with Crippen molar-refractivity contribution in [2.75, 3.05) is 6.61 Å². The van der Waals surface area contributed by atoms with Crippen LogP contribution in [0.5, 0.6) is 5.75 Å². The minimum absolute atomic E-state index is 0.177. The predicted octanol–water partition coefficient (Wildman–Crippen LogP) is 6.87. The number of carbonyl (C=O) groups is 1. The molecule has 7 heteroatoms.